The lowest BCUT2D eigenvalue weighted by Crippen LogP contribution is -2.25. The molecule has 0 atom stereocenters. The molecule has 0 aliphatic rings. The Balaban J connectivity index is 1.74. The molecule has 1 N–H and O–H groups in total. The summed E-state index contributed by atoms with van der Waals surface area (Å²) in [6.45, 7) is -1.78. The molecule has 0 aliphatic heterocycles. The van der Waals surface area contributed by atoms with E-state index >= 15 is 0 Å². The number of carbonyl (C=O) groups excluding carboxylic acids is 1. The second-order valence-corrected chi connectivity index (χ2v) is 4.87. The zero-order chi connectivity index (χ0) is 15.9. The minimum Gasteiger partial charge on any atom is -0.435 e. The zero-order valence-electron chi connectivity index (χ0n) is 11.5. The Labute approximate surface area is 130 Å². The number of aromatic nitrogens is 2. The van der Waals surface area contributed by atoms with Crippen LogP contribution in [0.25, 0.3) is 0 Å². The van der Waals surface area contributed by atoms with Gasteiger partial charge in [0.05, 0.1) is 11.2 Å². The van der Waals surface area contributed by atoms with E-state index in [2.05, 4.69) is 15.2 Å². The van der Waals surface area contributed by atoms with E-state index in [9.17, 15) is 13.6 Å². The molecule has 0 radical (unpaired) electrons. The third-order valence-corrected chi connectivity index (χ3v) is 2.99. The van der Waals surface area contributed by atoms with Gasteiger partial charge in [0, 0.05) is 24.8 Å². The number of rotatable bonds is 7. The Morgan fingerprint density at radius 1 is 1.36 bits per heavy atom. The highest BCUT2D eigenvalue weighted by Gasteiger charge is 2.07. The van der Waals surface area contributed by atoms with E-state index in [1.165, 1.54) is 24.3 Å². The topological polar surface area (TPSA) is 56.2 Å². The van der Waals surface area contributed by atoms with Gasteiger partial charge < -0.3 is 10.1 Å². The Hall–Kier alpha value is -2.15. The number of halogens is 3. The van der Waals surface area contributed by atoms with Crippen molar-refractivity contribution in [3.05, 3.63) is 47.2 Å². The van der Waals surface area contributed by atoms with Crippen molar-refractivity contribution in [2.24, 2.45) is 0 Å². The number of hydrogen-bond acceptors (Lipinski definition) is 3. The Bertz CT molecular complexity index is 617. The largest absolute Gasteiger partial charge is 0.435 e. The number of nitrogens with one attached hydrogen (secondary N) is 1. The monoisotopic (exact) mass is 329 g/mol. The van der Waals surface area contributed by atoms with Crippen LogP contribution < -0.4 is 10.1 Å². The molecule has 1 aromatic carbocycles. The normalized spacial score (nSPS) is 10.7. The quantitative estimate of drug-likeness (QED) is 0.795. The van der Waals surface area contributed by atoms with Gasteiger partial charge in [-0.1, -0.05) is 11.6 Å². The SMILES string of the molecule is O=C(NCCCn1cc(Cl)cn1)c1ccc(OC(F)F)cc1. The highest BCUT2D eigenvalue weighted by molar-refractivity contribution is 6.30. The first-order valence-corrected chi connectivity index (χ1v) is 6.93. The first-order chi connectivity index (χ1) is 10.5. The number of aryl methyl sites for hydroxylation is 1. The molecule has 0 unspecified atom stereocenters. The lowest BCUT2D eigenvalue weighted by molar-refractivity contribution is -0.0498. The van der Waals surface area contributed by atoms with Gasteiger partial charge in [0.1, 0.15) is 5.75 Å². The molecule has 118 valence electrons. The minimum absolute atomic E-state index is 0.0158. The smallest absolute Gasteiger partial charge is 0.387 e. The van der Waals surface area contributed by atoms with E-state index in [0.717, 1.165) is 0 Å². The van der Waals surface area contributed by atoms with Crippen molar-refractivity contribution in [3.63, 3.8) is 0 Å². The zero-order valence-corrected chi connectivity index (χ0v) is 12.3. The molecule has 5 nitrogen and oxygen atoms in total. The molecule has 2 rings (SSSR count). The lowest BCUT2D eigenvalue weighted by Gasteiger charge is -2.07. The van der Waals surface area contributed by atoms with E-state index in [1.807, 2.05) is 0 Å². The molecule has 0 fully saturated rings. The van der Waals surface area contributed by atoms with Gasteiger partial charge in [-0.15, -0.1) is 0 Å². The maximum atomic E-state index is 12.0. The maximum absolute atomic E-state index is 12.0. The van der Waals surface area contributed by atoms with E-state index in [0.29, 0.717) is 30.1 Å². The molecule has 0 saturated carbocycles. The van der Waals surface area contributed by atoms with Gasteiger partial charge >= 0.3 is 6.61 Å². The summed E-state index contributed by atoms with van der Waals surface area (Å²) in [4.78, 5) is 11.9. The van der Waals surface area contributed by atoms with Gasteiger partial charge in [-0.2, -0.15) is 13.9 Å². The highest BCUT2D eigenvalue weighted by atomic mass is 35.5. The first kappa shape index (κ1) is 16.2. The third kappa shape index (κ3) is 5.00. The second-order valence-electron chi connectivity index (χ2n) is 4.43. The number of nitrogens with zero attached hydrogens (tertiary/aromatic N) is 2. The van der Waals surface area contributed by atoms with Crippen molar-refractivity contribution in [2.75, 3.05) is 6.54 Å². The molecule has 22 heavy (non-hydrogen) atoms. The minimum atomic E-state index is -2.88. The molecular formula is C14H14ClF2N3O2. The second kappa shape index (κ2) is 7.74. The summed E-state index contributed by atoms with van der Waals surface area (Å²) in [5.41, 5.74) is 0.378. The van der Waals surface area contributed by atoms with Crippen LogP contribution in [-0.4, -0.2) is 28.8 Å². The molecule has 0 saturated heterocycles. The van der Waals surface area contributed by atoms with Crippen molar-refractivity contribution in [3.8, 4) is 5.75 Å². The van der Waals surface area contributed by atoms with Gasteiger partial charge in [-0.3, -0.25) is 9.48 Å². The van der Waals surface area contributed by atoms with Crippen molar-refractivity contribution in [1.29, 1.82) is 0 Å². The summed E-state index contributed by atoms with van der Waals surface area (Å²) in [5.74, 6) is -0.260. The fourth-order valence-corrected chi connectivity index (χ4v) is 1.95. The van der Waals surface area contributed by atoms with Crippen LogP contribution >= 0.6 is 11.6 Å². The maximum Gasteiger partial charge on any atom is 0.387 e. The molecule has 1 aromatic heterocycles. The Morgan fingerprint density at radius 3 is 2.68 bits per heavy atom. The molecule has 1 heterocycles. The van der Waals surface area contributed by atoms with Crippen LogP contribution in [0, 0.1) is 0 Å². The van der Waals surface area contributed by atoms with Gasteiger partial charge in [-0.25, -0.2) is 0 Å². The van der Waals surface area contributed by atoms with Crippen molar-refractivity contribution < 1.29 is 18.3 Å². The first-order valence-electron chi connectivity index (χ1n) is 6.55. The average molecular weight is 330 g/mol. The Kier molecular flexibility index (Phi) is 5.71. The molecule has 0 aliphatic carbocycles. The van der Waals surface area contributed by atoms with Crippen LogP contribution in [0.5, 0.6) is 5.75 Å². The molecular weight excluding hydrogens is 316 g/mol. The summed E-state index contributed by atoms with van der Waals surface area (Å²) in [7, 11) is 0. The van der Waals surface area contributed by atoms with Crippen LogP contribution in [0.1, 0.15) is 16.8 Å². The van der Waals surface area contributed by atoms with Crippen molar-refractivity contribution in [1.82, 2.24) is 15.1 Å². The number of hydrogen-bond donors (Lipinski definition) is 1. The number of amides is 1. The van der Waals surface area contributed by atoms with Crippen LogP contribution in [0.2, 0.25) is 5.02 Å². The van der Waals surface area contributed by atoms with Crippen LogP contribution in [0.4, 0.5) is 8.78 Å². The lowest BCUT2D eigenvalue weighted by atomic mass is 10.2. The average Bonchev–Trinajstić information content (AvgIpc) is 2.89. The van der Waals surface area contributed by atoms with Crippen LogP contribution in [0.15, 0.2) is 36.7 Å². The predicted octanol–water partition coefficient (Wildman–Crippen LogP) is 2.96. The molecule has 8 heteroatoms. The summed E-state index contributed by atoms with van der Waals surface area (Å²) >= 11 is 5.74. The summed E-state index contributed by atoms with van der Waals surface area (Å²) in [6.07, 6.45) is 3.94. The molecule has 1 amide bonds. The van der Waals surface area contributed by atoms with Crippen LogP contribution in [-0.2, 0) is 6.54 Å². The third-order valence-electron chi connectivity index (χ3n) is 2.79. The van der Waals surface area contributed by atoms with Crippen molar-refractivity contribution >= 4 is 17.5 Å². The molecule has 0 bridgehead atoms. The summed E-state index contributed by atoms with van der Waals surface area (Å²) < 4.78 is 29.9. The van der Waals surface area contributed by atoms with E-state index in [1.54, 1.807) is 17.1 Å². The van der Waals surface area contributed by atoms with Gasteiger partial charge in [-0.05, 0) is 30.7 Å². The standard InChI is InChI=1S/C14H14ClF2N3O2/c15-11-8-19-20(9-11)7-1-6-18-13(21)10-2-4-12(5-3-10)22-14(16)17/h2-5,8-9,14H,1,6-7H2,(H,18,21). The van der Waals surface area contributed by atoms with Gasteiger partial charge in [0.15, 0.2) is 0 Å². The van der Waals surface area contributed by atoms with Gasteiger partial charge in [0.25, 0.3) is 5.91 Å². The number of carbonyl (C=O) groups is 1. The number of alkyl halides is 2. The predicted molar refractivity (Wildman–Crippen MR) is 77.3 cm³/mol. The molecule has 0 spiro atoms. The van der Waals surface area contributed by atoms with Gasteiger partial charge in [0.2, 0.25) is 0 Å². The Morgan fingerprint density at radius 2 is 2.09 bits per heavy atom. The fourth-order valence-electron chi connectivity index (χ4n) is 1.79. The van der Waals surface area contributed by atoms with E-state index in [4.69, 9.17) is 11.6 Å². The van der Waals surface area contributed by atoms with E-state index < -0.39 is 6.61 Å². The summed E-state index contributed by atoms with van der Waals surface area (Å²) in [6, 6.07) is 5.51. The number of benzene rings is 1. The number of ether oxygens (including phenoxy) is 1. The van der Waals surface area contributed by atoms with E-state index in [-0.39, 0.29) is 11.7 Å². The fraction of sp³-hybridized carbons (Fsp3) is 0.286. The van der Waals surface area contributed by atoms with Crippen LogP contribution in [0.3, 0.4) is 0 Å². The van der Waals surface area contributed by atoms with Crippen molar-refractivity contribution in [2.45, 2.75) is 19.6 Å². The highest BCUT2D eigenvalue weighted by Crippen LogP contribution is 2.14. The molecule has 2 aromatic rings. The summed E-state index contributed by atoms with van der Waals surface area (Å²) in [5, 5.41) is 7.32.